The van der Waals surface area contributed by atoms with Gasteiger partial charge in [-0.25, -0.2) is 13.1 Å². The van der Waals surface area contributed by atoms with E-state index in [-0.39, 0.29) is 23.8 Å². The third kappa shape index (κ3) is 7.36. The van der Waals surface area contributed by atoms with Crippen LogP contribution in [0.4, 0.5) is 0 Å². The maximum Gasteiger partial charge on any atom is 0.240 e. The predicted octanol–water partition coefficient (Wildman–Crippen LogP) is 3.27. The van der Waals surface area contributed by atoms with E-state index in [4.69, 9.17) is 0 Å². The van der Waals surface area contributed by atoms with Gasteiger partial charge in [-0.05, 0) is 55.3 Å². The molecule has 0 saturated carbocycles. The SMILES string of the molecule is Cc1ccc(C)c(S(=O)(=O)NCCC(=O)NCCCSc2ccccc2)c1. The minimum Gasteiger partial charge on any atom is -0.356 e. The highest BCUT2D eigenvalue weighted by atomic mass is 32.2. The lowest BCUT2D eigenvalue weighted by molar-refractivity contribution is -0.120. The minimum absolute atomic E-state index is 0.0836. The maximum absolute atomic E-state index is 12.4. The maximum atomic E-state index is 12.4. The third-order valence-electron chi connectivity index (χ3n) is 3.93. The molecule has 0 aliphatic heterocycles. The number of sulfonamides is 1. The van der Waals surface area contributed by atoms with Crippen LogP contribution < -0.4 is 10.0 Å². The van der Waals surface area contributed by atoms with Crippen LogP contribution in [0.15, 0.2) is 58.3 Å². The van der Waals surface area contributed by atoms with Crippen molar-refractivity contribution in [2.45, 2.75) is 36.5 Å². The Bertz CT molecular complexity index is 853. The van der Waals surface area contributed by atoms with Crippen molar-refractivity contribution in [3.05, 3.63) is 59.7 Å². The van der Waals surface area contributed by atoms with Gasteiger partial charge in [0.2, 0.25) is 15.9 Å². The number of thioether (sulfide) groups is 1. The standard InChI is InChI=1S/C20H26N2O3S2/c1-16-9-10-17(2)19(15-16)27(24,25)22-13-11-20(23)21-12-6-14-26-18-7-4-3-5-8-18/h3-5,7-10,15,22H,6,11-14H2,1-2H3,(H,21,23). The second-order valence-electron chi connectivity index (χ2n) is 6.28. The topological polar surface area (TPSA) is 75.3 Å². The molecule has 2 N–H and O–H groups in total. The van der Waals surface area contributed by atoms with Gasteiger partial charge < -0.3 is 5.32 Å². The number of hydrogen-bond donors (Lipinski definition) is 2. The molecule has 0 aliphatic carbocycles. The molecule has 146 valence electrons. The Kier molecular flexibility index (Phi) is 8.34. The molecule has 27 heavy (non-hydrogen) atoms. The molecule has 0 unspecified atom stereocenters. The predicted molar refractivity (Wildman–Crippen MR) is 111 cm³/mol. The number of carbonyl (C=O) groups is 1. The van der Waals surface area contributed by atoms with Crippen LogP contribution in [0.25, 0.3) is 0 Å². The summed E-state index contributed by atoms with van der Waals surface area (Å²) in [6, 6.07) is 15.4. The quantitative estimate of drug-likeness (QED) is 0.469. The summed E-state index contributed by atoms with van der Waals surface area (Å²) in [5.41, 5.74) is 1.57. The summed E-state index contributed by atoms with van der Waals surface area (Å²) in [5.74, 6) is 0.771. The molecule has 0 spiro atoms. The molecule has 0 saturated heterocycles. The van der Waals surface area contributed by atoms with Crippen LogP contribution in [0.3, 0.4) is 0 Å². The number of benzene rings is 2. The summed E-state index contributed by atoms with van der Waals surface area (Å²) < 4.78 is 27.3. The average Bonchev–Trinajstić information content (AvgIpc) is 2.64. The monoisotopic (exact) mass is 406 g/mol. The fourth-order valence-corrected chi connectivity index (χ4v) is 4.70. The van der Waals surface area contributed by atoms with E-state index in [1.165, 1.54) is 4.90 Å². The van der Waals surface area contributed by atoms with Crippen molar-refractivity contribution in [2.75, 3.05) is 18.8 Å². The van der Waals surface area contributed by atoms with Crippen LogP contribution in [-0.4, -0.2) is 33.2 Å². The molecule has 1 amide bonds. The van der Waals surface area contributed by atoms with Crippen molar-refractivity contribution in [3.8, 4) is 0 Å². The molecule has 0 atom stereocenters. The lowest BCUT2D eigenvalue weighted by Crippen LogP contribution is -2.31. The largest absolute Gasteiger partial charge is 0.356 e. The van der Waals surface area contributed by atoms with Crippen molar-refractivity contribution >= 4 is 27.7 Å². The Morgan fingerprint density at radius 3 is 2.52 bits per heavy atom. The summed E-state index contributed by atoms with van der Waals surface area (Å²) in [6.07, 6.45) is 0.982. The van der Waals surface area contributed by atoms with Gasteiger partial charge in [0, 0.05) is 24.4 Å². The first-order valence-corrected chi connectivity index (χ1v) is 11.4. The first-order valence-electron chi connectivity index (χ1n) is 8.90. The van der Waals surface area contributed by atoms with Crippen molar-refractivity contribution in [2.24, 2.45) is 0 Å². The Morgan fingerprint density at radius 1 is 1.04 bits per heavy atom. The smallest absolute Gasteiger partial charge is 0.240 e. The summed E-state index contributed by atoms with van der Waals surface area (Å²) in [5, 5.41) is 2.83. The van der Waals surface area contributed by atoms with Gasteiger partial charge in [-0.2, -0.15) is 0 Å². The second-order valence-corrected chi connectivity index (χ2v) is 9.19. The molecule has 2 aromatic rings. The van der Waals surface area contributed by atoms with Crippen LogP contribution >= 0.6 is 11.8 Å². The van der Waals surface area contributed by atoms with Gasteiger partial charge in [0.25, 0.3) is 0 Å². The highest BCUT2D eigenvalue weighted by molar-refractivity contribution is 7.99. The zero-order chi connectivity index (χ0) is 19.7. The fraction of sp³-hybridized carbons (Fsp3) is 0.350. The second kappa shape index (κ2) is 10.5. The van der Waals surface area contributed by atoms with Crippen LogP contribution in [-0.2, 0) is 14.8 Å². The van der Waals surface area contributed by atoms with E-state index in [0.29, 0.717) is 12.1 Å². The fourth-order valence-electron chi connectivity index (χ4n) is 2.47. The first kappa shape index (κ1) is 21.5. The van der Waals surface area contributed by atoms with E-state index in [1.807, 2.05) is 31.2 Å². The van der Waals surface area contributed by atoms with E-state index in [0.717, 1.165) is 17.7 Å². The van der Waals surface area contributed by atoms with Crippen LogP contribution in [0, 0.1) is 13.8 Å². The Hall–Kier alpha value is -1.83. The number of rotatable bonds is 10. The van der Waals surface area contributed by atoms with E-state index in [9.17, 15) is 13.2 Å². The number of hydrogen-bond acceptors (Lipinski definition) is 4. The highest BCUT2D eigenvalue weighted by Gasteiger charge is 2.16. The molecular formula is C20H26N2O3S2. The van der Waals surface area contributed by atoms with E-state index >= 15 is 0 Å². The Balaban J connectivity index is 1.66. The van der Waals surface area contributed by atoms with Gasteiger partial charge in [-0.3, -0.25) is 4.79 Å². The zero-order valence-electron chi connectivity index (χ0n) is 15.7. The average molecular weight is 407 g/mol. The number of carbonyl (C=O) groups excluding carboxylic acids is 1. The van der Waals surface area contributed by atoms with E-state index in [1.54, 1.807) is 30.8 Å². The molecule has 7 heteroatoms. The summed E-state index contributed by atoms with van der Waals surface area (Å²) in [7, 11) is -3.60. The lowest BCUT2D eigenvalue weighted by Gasteiger charge is -2.10. The van der Waals surface area contributed by atoms with Crippen molar-refractivity contribution in [1.29, 1.82) is 0 Å². The van der Waals surface area contributed by atoms with Gasteiger partial charge in [-0.15, -0.1) is 11.8 Å². The first-order chi connectivity index (χ1) is 12.9. The van der Waals surface area contributed by atoms with E-state index in [2.05, 4.69) is 22.2 Å². The molecule has 0 fully saturated rings. The van der Waals surface area contributed by atoms with E-state index < -0.39 is 10.0 Å². The van der Waals surface area contributed by atoms with Crippen molar-refractivity contribution in [3.63, 3.8) is 0 Å². The molecule has 5 nitrogen and oxygen atoms in total. The van der Waals surface area contributed by atoms with Gasteiger partial charge in [0.15, 0.2) is 0 Å². The minimum atomic E-state index is -3.60. The lowest BCUT2D eigenvalue weighted by atomic mass is 10.2. The zero-order valence-corrected chi connectivity index (χ0v) is 17.3. The third-order valence-corrected chi connectivity index (χ3v) is 6.63. The number of nitrogens with one attached hydrogen (secondary N) is 2. The summed E-state index contributed by atoms with van der Waals surface area (Å²) in [6.45, 7) is 4.28. The highest BCUT2D eigenvalue weighted by Crippen LogP contribution is 2.17. The number of amides is 1. The van der Waals surface area contributed by atoms with Gasteiger partial charge in [0.1, 0.15) is 0 Å². The Labute approximate surface area is 166 Å². The van der Waals surface area contributed by atoms with Crippen LogP contribution in [0.2, 0.25) is 0 Å². The molecule has 0 aromatic heterocycles. The molecule has 0 bridgehead atoms. The molecule has 0 aliphatic rings. The van der Waals surface area contributed by atoms with Gasteiger partial charge >= 0.3 is 0 Å². The van der Waals surface area contributed by atoms with Crippen molar-refractivity contribution in [1.82, 2.24) is 10.0 Å². The normalized spacial score (nSPS) is 11.3. The summed E-state index contributed by atoms with van der Waals surface area (Å²) >= 11 is 1.75. The molecule has 2 rings (SSSR count). The van der Waals surface area contributed by atoms with Crippen molar-refractivity contribution < 1.29 is 13.2 Å². The molecule has 2 aromatic carbocycles. The molecule has 0 heterocycles. The molecule has 0 radical (unpaired) electrons. The summed E-state index contributed by atoms with van der Waals surface area (Å²) in [4.78, 5) is 13.3. The van der Waals surface area contributed by atoms with Gasteiger partial charge in [-0.1, -0.05) is 30.3 Å². The van der Waals surface area contributed by atoms with Crippen LogP contribution in [0.1, 0.15) is 24.0 Å². The Morgan fingerprint density at radius 2 is 1.78 bits per heavy atom. The van der Waals surface area contributed by atoms with Gasteiger partial charge in [0.05, 0.1) is 4.90 Å². The van der Waals surface area contributed by atoms with Crippen LogP contribution in [0.5, 0.6) is 0 Å². The number of aryl methyl sites for hydroxylation is 2. The molecular weight excluding hydrogens is 380 g/mol.